The number of aliphatic imine (C=N–C) groups is 1. The van der Waals surface area contributed by atoms with Gasteiger partial charge in [0, 0.05) is 24.4 Å². The highest BCUT2D eigenvalue weighted by atomic mass is 16.1. The van der Waals surface area contributed by atoms with E-state index in [-0.39, 0.29) is 11.9 Å². The smallest absolute Gasteiger partial charge is 0.221 e. The van der Waals surface area contributed by atoms with Gasteiger partial charge in [-0.05, 0) is 42.0 Å². The van der Waals surface area contributed by atoms with Crippen molar-refractivity contribution in [3.8, 4) is 17.2 Å². The maximum atomic E-state index is 11.2. The van der Waals surface area contributed by atoms with Crippen molar-refractivity contribution in [1.82, 2.24) is 4.98 Å². The SMILES string of the molecule is CC(=O)Nc1cccc(-c2ccc(N=C(N)Nc3ccccc3C#N)nc2)c1. The van der Waals surface area contributed by atoms with Crippen molar-refractivity contribution < 1.29 is 4.79 Å². The number of nitrogens with one attached hydrogen (secondary N) is 2. The predicted molar refractivity (Wildman–Crippen MR) is 110 cm³/mol. The predicted octanol–water partition coefficient (Wildman–Crippen LogP) is 3.64. The topological polar surface area (TPSA) is 116 Å². The van der Waals surface area contributed by atoms with Crippen LogP contribution in [0, 0.1) is 11.3 Å². The molecule has 0 aliphatic carbocycles. The molecule has 3 aromatic rings. The fraction of sp³-hybridized carbons (Fsp3) is 0.0476. The quantitative estimate of drug-likeness (QED) is 0.479. The van der Waals surface area contributed by atoms with E-state index in [2.05, 4.69) is 26.7 Å². The summed E-state index contributed by atoms with van der Waals surface area (Å²) in [6.45, 7) is 1.47. The zero-order valence-electron chi connectivity index (χ0n) is 15.2. The van der Waals surface area contributed by atoms with E-state index in [0.29, 0.717) is 17.1 Å². The van der Waals surface area contributed by atoms with Crippen LogP contribution >= 0.6 is 0 Å². The van der Waals surface area contributed by atoms with Gasteiger partial charge < -0.3 is 16.4 Å². The van der Waals surface area contributed by atoms with Gasteiger partial charge in [-0.2, -0.15) is 10.3 Å². The monoisotopic (exact) mass is 370 g/mol. The molecule has 7 heteroatoms. The first kappa shape index (κ1) is 18.6. The molecule has 0 atom stereocenters. The number of nitrogens with two attached hydrogens (primary N) is 1. The normalized spacial score (nSPS) is 10.8. The van der Waals surface area contributed by atoms with Gasteiger partial charge in [-0.1, -0.05) is 24.3 Å². The van der Waals surface area contributed by atoms with Gasteiger partial charge in [0.25, 0.3) is 0 Å². The number of pyridine rings is 1. The number of amides is 1. The van der Waals surface area contributed by atoms with Crippen LogP contribution in [0.5, 0.6) is 0 Å². The van der Waals surface area contributed by atoms with Crippen LogP contribution in [-0.4, -0.2) is 16.9 Å². The van der Waals surface area contributed by atoms with Crippen LogP contribution in [0.1, 0.15) is 12.5 Å². The van der Waals surface area contributed by atoms with E-state index >= 15 is 0 Å². The van der Waals surface area contributed by atoms with Crippen molar-refractivity contribution in [3.63, 3.8) is 0 Å². The molecule has 28 heavy (non-hydrogen) atoms. The standard InChI is InChI=1S/C21H18N6O/c1-14(28)25-18-7-4-6-15(11-18)17-9-10-20(24-13-17)27-21(23)26-19-8-3-2-5-16(19)12-22/h2-11,13H,1H3,(H,25,28)(H3,23,24,26,27). The first-order valence-corrected chi connectivity index (χ1v) is 8.49. The molecule has 0 fully saturated rings. The average molecular weight is 370 g/mol. The Hall–Kier alpha value is -4.18. The minimum atomic E-state index is -0.124. The molecular formula is C21H18N6O. The van der Waals surface area contributed by atoms with E-state index in [9.17, 15) is 4.79 Å². The fourth-order valence-electron chi connectivity index (χ4n) is 2.58. The molecule has 138 valence electrons. The Balaban J connectivity index is 1.76. The highest BCUT2D eigenvalue weighted by molar-refractivity contribution is 5.95. The van der Waals surface area contributed by atoms with E-state index in [1.54, 1.807) is 36.5 Å². The molecule has 0 radical (unpaired) electrons. The van der Waals surface area contributed by atoms with E-state index in [0.717, 1.165) is 16.8 Å². The van der Waals surface area contributed by atoms with Crippen LogP contribution in [0.15, 0.2) is 71.9 Å². The number of carbonyl (C=O) groups excluding carboxylic acids is 1. The lowest BCUT2D eigenvalue weighted by Crippen LogP contribution is -2.22. The Kier molecular flexibility index (Phi) is 5.63. The molecule has 0 spiro atoms. The van der Waals surface area contributed by atoms with Gasteiger partial charge in [0.1, 0.15) is 6.07 Å². The zero-order valence-corrected chi connectivity index (χ0v) is 15.2. The van der Waals surface area contributed by atoms with Gasteiger partial charge in [-0.25, -0.2) is 4.98 Å². The van der Waals surface area contributed by atoms with Gasteiger partial charge in [-0.3, -0.25) is 4.79 Å². The number of hydrogen-bond donors (Lipinski definition) is 3. The first-order valence-electron chi connectivity index (χ1n) is 8.49. The molecule has 0 aliphatic rings. The second-order valence-corrected chi connectivity index (χ2v) is 5.95. The summed E-state index contributed by atoms with van der Waals surface area (Å²) in [5.41, 5.74) is 9.50. The average Bonchev–Trinajstić information content (AvgIpc) is 2.68. The number of nitrogens with zero attached hydrogens (tertiary/aromatic N) is 3. The number of rotatable bonds is 4. The first-order chi connectivity index (χ1) is 13.5. The van der Waals surface area contributed by atoms with Gasteiger partial charge in [-0.15, -0.1) is 0 Å². The van der Waals surface area contributed by atoms with Gasteiger partial charge in [0.2, 0.25) is 5.91 Å². The molecule has 3 rings (SSSR count). The molecule has 0 saturated carbocycles. The number of carbonyl (C=O) groups is 1. The van der Waals surface area contributed by atoms with E-state index in [1.165, 1.54) is 6.92 Å². The van der Waals surface area contributed by atoms with Crippen LogP contribution in [0.3, 0.4) is 0 Å². The maximum Gasteiger partial charge on any atom is 0.221 e. The van der Waals surface area contributed by atoms with Gasteiger partial charge in [0.15, 0.2) is 11.8 Å². The lowest BCUT2D eigenvalue weighted by atomic mass is 10.1. The third-order valence-corrected chi connectivity index (χ3v) is 3.81. The zero-order chi connectivity index (χ0) is 19.9. The third kappa shape index (κ3) is 4.71. The van der Waals surface area contributed by atoms with Crippen molar-refractivity contribution >= 4 is 29.1 Å². The molecule has 1 amide bonds. The Morgan fingerprint density at radius 1 is 1.07 bits per heavy atom. The number of guanidine groups is 1. The molecule has 0 saturated heterocycles. The van der Waals surface area contributed by atoms with Crippen LogP contribution < -0.4 is 16.4 Å². The second-order valence-electron chi connectivity index (χ2n) is 5.95. The molecular weight excluding hydrogens is 352 g/mol. The van der Waals surface area contributed by atoms with Crippen LogP contribution in [0.4, 0.5) is 17.2 Å². The van der Waals surface area contributed by atoms with Crippen LogP contribution in [0.2, 0.25) is 0 Å². The largest absolute Gasteiger partial charge is 0.369 e. The Morgan fingerprint density at radius 2 is 1.89 bits per heavy atom. The lowest BCUT2D eigenvalue weighted by Gasteiger charge is -2.08. The highest BCUT2D eigenvalue weighted by Gasteiger charge is 2.04. The molecule has 7 nitrogen and oxygen atoms in total. The fourth-order valence-corrected chi connectivity index (χ4v) is 2.58. The molecule has 0 bridgehead atoms. The molecule has 0 unspecified atom stereocenters. The Morgan fingerprint density at radius 3 is 2.61 bits per heavy atom. The summed E-state index contributed by atoms with van der Waals surface area (Å²) < 4.78 is 0. The van der Waals surface area contributed by atoms with Crippen molar-refractivity contribution in [1.29, 1.82) is 5.26 Å². The minimum Gasteiger partial charge on any atom is -0.369 e. The van der Waals surface area contributed by atoms with E-state index in [1.807, 2.05) is 30.3 Å². The molecule has 2 aromatic carbocycles. The van der Waals surface area contributed by atoms with Crippen molar-refractivity contribution in [2.45, 2.75) is 6.92 Å². The summed E-state index contributed by atoms with van der Waals surface area (Å²) in [5, 5.41) is 14.8. The second kappa shape index (κ2) is 8.47. The summed E-state index contributed by atoms with van der Waals surface area (Å²) in [7, 11) is 0. The van der Waals surface area contributed by atoms with E-state index < -0.39 is 0 Å². The summed E-state index contributed by atoms with van der Waals surface area (Å²) in [6.07, 6.45) is 1.68. The third-order valence-electron chi connectivity index (χ3n) is 3.81. The Labute approximate surface area is 162 Å². The van der Waals surface area contributed by atoms with Crippen LogP contribution in [0.25, 0.3) is 11.1 Å². The van der Waals surface area contributed by atoms with E-state index in [4.69, 9.17) is 11.0 Å². The van der Waals surface area contributed by atoms with Gasteiger partial charge in [0.05, 0.1) is 11.3 Å². The lowest BCUT2D eigenvalue weighted by molar-refractivity contribution is -0.114. The summed E-state index contributed by atoms with van der Waals surface area (Å²) in [5.74, 6) is 0.442. The number of hydrogen-bond acceptors (Lipinski definition) is 4. The number of para-hydroxylation sites is 1. The Bertz CT molecular complexity index is 1070. The molecule has 0 aliphatic heterocycles. The van der Waals surface area contributed by atoms with Crippen molar-refractivity contribution in [2.24, 2.45) is 10.7 Å². The minimum absolute atomic E-state index is 0.124. The van der Waals surface area contributed by atoms with Crippen molar-refractivity contribution in [3.05, 3.63) is 72.4 Å². The molecule has 1 aromatic heterocycles. The number of benzene rings is 2. The van der Waals surface area contributed by atoms with Crippen LogP contribution in [-0.2, 0) is 4.79 Å². The summed E-state index contributed by atoms with van der Waals surface area (Å²) in [6, 6.07) is 20.2. The number of aromatic nitrogens is 1. The maximum absolute atomic E-state index is 11.2. The summed E-state index contributed by atoms with van der Waals surface area (Å²) >= 11 is 0. The summed E-state index contributed by atoms with van der Waals surface area (Å²) in [4.78, 5) is 19.7. The van der Waals surface area contributed by atoms with Gasteiger partial charge >= 0.3 is 0 Å². The highest BCUT2D eigenvalue weighted by Crippen LogP contribution is 2.23. The molecule has 1 heterocycles. The molecule has 4 N–H and O–H groups in total. The number of nitriles is 1. The number of anilines is 2. The van der Waals surface area contributed by atoms with Crippen molar-refractivity contribution in [2.75, 3.05) is 10.6 Å².